The van der Waals surface area contributed by atoms with Gasteiger partial charge in [0.1, 0.15) is 10.6 Å². The third-order valence-corrected chi connectivity index (χ3v) is 6.27. The average Bonchev–Trinajstić information content (AvgIpc) is 3.18. The standard InChI is InChI=1S/C19H24N4O3S/c1-6-16-20-21-19(26-16)17-13(4)18(14(5)23(17)7-2)27(24,25)22-15-11-9-8-10-12(15)3/h8-11,22H,6-7H2,1-5H3. The maximum absolute atomic E-state index is 13.2. The molecule has 0 aliphatic carbocycles. The smallest absolute Gasteiger partial charge is 0.264 e. The van der Waals surface area contributed by atoms with Crippen molar-refractivity contribution in [2.75, 3.05) is 4.72 Å². The molecule has 0 aliphatic rings. The lowest BCUT2D eigenvalue weighted by Gasteiger charge is -2.11. The Morgan fingerprint density at radius 2 is 1.81 bits per heavy atom. The Labute approximate surface area is 159 Å². The molecule has 0 bridgehead atoms. The lowest BCUT2D eigenvalue weighted by atomic mass is 10.2. The van der Waals surface area contributed by atoms with Crippen LogP contribution < -0.4 is 4.72 Å². The molecule has 2 heterocycles. The van der Waals surface area contributed by atoms with Gasteiger partial charge >= 0.3 is 0 Å². The minimum absolute atomic E-state index is 0.249. The summed E-state index contributed by atoms with van der Waals surface area (Å²) < 4.78 is 36.7. The summed E-state index contributed by atoms with van der Waals surface area (Å²) in [6.45, 7) is 9.91. The molecule has 0 saturated carbocycles. The van der Waals surface area contributed by atoms with Crippen molar-refractivity contribution < 1.29 is 12.8 Å². The van der Waals surface area contributed by atoms with E-state index in [1.54, 1.807) is 26.0 Å². The molecular formula is C19H24N4O3S. The van der Waals surface area contributed by atoms with Gasteiger partial charge in [0.2, 0.25) is 5.89 Å². The van der Waals surface area contributed by atoms with E-state index in [0.717, 1.165) is 5.56 Å². The van der Waals surface area contributed by atoms with Gasteiger partial charge in [-0.2, -0.15) is 0 Å². The summed E-state index contributed by atoms with van der Waals surface area (Å²) in [6.07, 6.45) is 0.623. The van der Waals surface area contributed by atoms with E-state index in [-0.39, 0.29) is 4.90 Å². The molecule has 3 rings (SSSR count). The van der Waals surface area contributed by atoms with Crippen LogP contribution in [-0.4, -0.2) is 23.2 Å². The van der Waals surface area contributed by atoms with Crippen LogP contribution in [0.25, 0.3) is 11.6 Å². The van der Waals surface area contributed by atoms with Crippen LogP contribution in [0.1, 0.15) is 36.6 Å². The van der Waals surface area contributed by atoms with Gasteiger partial charge in [-0.1, -0.05) is 25.1 Å². The maximum atomic E-state index is 13.2. The summed E-state index contributed by atoms with van der Waals surface area (Å²) in [5.41, 5.74) is 3.31. The van der Waals surface area contributed by atoms with E-state index in [1.165, 1.54) is 0 Å². The van der Waals surface area contributed by atoms with Crippen LogP contribution in [0.15, 0.2) is 33.6 Å². The molecule has 0 unspecified atom stereocenters. The third kappa shape index (κ3) is 3.37. The van der Waals surface area contributed by atoms with Crippen LogP contribution in [0.2, 0.25) is 0 Å². The zero-order valence-electron chi connectivity index (χ0n) is 16.2. The largest absolute Gasteiger partial charge is 0.419 e. The topological polar surface area (TPSA) is 90.0 Å². The lowest BCUT2D eigenvalue weighted by Crippen LogP contribution is -2.15. The number of aryl methyl sites for hydroxylation is 2. The van der Waals surface area contributed by atoms with E-state index in [9.17, 15) is 8.42 Å². The Kier molecular flexibility index (Phi) is 5.10. The number of para-hydroxylation sites is 1. The Balaban J connectivity index is 2.15. The first-order valence-corrected chi connectivity index (χ1v) is 10.4. The van der Waals surface area contributed by atoms with Crippen molar-refractivity contribution in [1.29, 1.82) is 0 Å². The molecule has 0 spiro atoms. The summed E-state index contributed by atoms with van der Waals surface area (Å²) in [5.74, 6) is 0.861. The summed E-state index contributed by atoms with van der Waals surface area (Å²) in [7, 11) is -3.78. The highest BCUT2D eigenvalue weighted by molar-refractivity contribution is 7.92. The molecule has 27 heavy (non-hydrogen) atoms. The van der Waals surface area contributed by atoms with Crippen molar-refractivity contribution in [3.63, 3.8) is 0 Å². The Hall–Kier alpha value is -2.61. The molecule has 144 valence electrons. The molecule has 0 radical (unpaired) electrons. The van der Waals surface area contributed by atoms with Gasteiger partial charge in [0.05, 0.1) is 5.69 Å². The van der Waals surface area contributed by atoms with E-state index in [4.69, 9.17) is 4.42 Å². The second kappa shape index (κ2) is 7.19. The van der Waals surface area contributed by atoms with Gasteiger partial charge in [-0.3, -0.25) is 4.72 Å². The number of hydrogen-bond donors (Lipinski definition) is 1. The molecular weight excluding hydrogens is 364 g/mol. The second-order valence-electron chi connectivity index (χ2n) is 6.41. The molecule has 0 amide bonds. The molecule has 0 fully saturated rings. The number of benzene rings is 1. The van der Waals surface area contributed by atoms with Crippen molar-refractivity contribution in [2.24, 2.45) is 0 Å². The van der Waals surface area contributed by atoms with Crippen molar-refractivity contribution >= 4 is 15.7 Å². The van der Waals surface area contributed by atoms with E-state index >= 15 is 0 Å². The highest BCUT2D eigenvalue weighted by Crippen LogP contribution is 2.34. The highest BCUT2D eigenvalue weighted by atomic mass is 32.2. The van der Waals surface area contributed by atoms with Crippen molar-refractivity contribution in [2.45, 2.75) is 52.5 Å². The monoisotopic (exact) mass is 388 g/mol. The van der Waals surface area contributed by atoms with E-state index in [1.807, 2.05) is 37.5 Å². The summed E-state index contributed by atoms with van der Waals surface area (Å²) in [6, 6.07) is 7.29. The van der Waals surface area contributed by atoms with Crippen LogP contribution in [0.3, 0.4) is 0 Å². The van der Waals surface area contributed by atoms with E-state index < -0.39 is 10.0 Å². The van der Waals surface area contributed by atoms with Gasteiger partial charge in [0, 0.05) is 24.2 Å². The summed E-state index contributed by atoms with van der Waals surface area (Å²) in [5, 5.41) is 8.12. The Bertz CT molecular complexity index is 1080. The fourth-order valence-electron chi connectivity index (χ4n) is 3.31. The Morgan fingerprint density at radius 1 is 1.11 bits per heavy atom. The molecule has 3 aromatic rings. The molecule has 0 aliphatic heterocycles. The average molecular weight is 388 g/mol. The fraction of sp³-hybridized carbons (Fsp3) is 0.368. The van der Waals surface area contributed by atoms with Gasteiger partial charge in [-0.25, -0.2) is 8.42 Å². The molecule has 0 atom stereocenters. The Morgan fingerprint density at radius 3 is 2.41 bits per heavy atom. The van der Waals surface area contributed by atoms with Gasteiger partial charge in [0.25, 0.3) is 15.9 Å². The number of nitrogens with zero attached hydrogens (tertiary/aromatic N) is 3. The SMILES string of the molecule is CCc1nnc(-c2c(C)c(S(=O)(=O)Nc3ccccc3C)c(C)n2CC)o1. The number of aromatic nitrogens is 3. The quantitative estimate of drug-likeness (QED) is 0.693. The van der Waals surface area contributed by atoms with Gasteiger partial charge in [-0.15, -0.1) is 10.2 Å². The molecule has 0 saturated heterocycles. The lowest BCUT2D eigenvalue weighted by molar-refractivity contribution is 0.507. The fourth-order valence-corrected chi connectivity index (χ4v) is 4.93. The minimum atomic E-state index is -3.78. The molecule has 1 N–H and O–H groups in total. The number of rotatable bonds is 6. The summed E-state index contributed by atoms with van der Waals surface area (Å²) >= 11 is 0. The van der Waals surface area contributed by atoms with Gasteiger partial charge < -0.3 is 8.98 Å². The van der Waals surface area contributed by atoms with Crippen molar-refractivity contribution in [1.82, 2.24) is 14.8 Å². The maximum Gasteiger partial charge on any atom is 0.264 e. The van der Waals surface area contributed by atoms with E-state index in [2.05, 4.69) is 14.9 Å². The molecule has 1 aromatic carbocycles. The van der Waals surface area contributed by atoms with Crippen LogP contribution in [0.5, 0.6) is 0 Å². The van der Waals surface area contributed by atoms with Gasteiger partial charge in [-0.05, 0) is 39.3 Å². The number of nitrogens with one attached hydrogen (secondary N) is 1. The minimum Gasteiger partial charge on any atom is -0.419 e. The molecule has 8 heteroatoms. The van der Waals surface area contributed by atoms with Crippen LogP contribution in [-0.2, 0) is 23.0 Å². The predicted octanol–water partition coefficient (Wildman–Crippen LogP) is 3.85. The zero-order valence-corrected chi connectivity index (χ0v) is 17.0. The number of anilines is 1. The first-order valence-electron chi connectivity index (χ1n) is 8.91. The van der Waals surface area contributed by atoms with Crippen molar-refractivity contribution in [3.05, 3.63) is 47.0 Å². The highest BCUT2D eigenvalue weighted by Gasteiger charge is 2.29. The van der Waals surface area contributed by atoms with Crippen LogP contribution >= 0.6 is 0 Å². The third-order valence-electron chi connectivity index (χ3n) is 4.65. The second-order valence-corrected chi connectivity index (χ2v) is 8.03. The van der Waals surface area contributed by atoms with Crippen molar-refractivity contribution in [3.8, 4) is 11.6 Å². The van der Waals surface area contributed by atoms with Crippen LogP contribution in [0.4, 0.5) is 5.69 Å². The number of sulfonamides is 1. The normalized spacial score (nSPS) is 11.7. The molecule has 7 nitrogen and oxygen atoms in total. The van der Waals surface area contributed by atoms with Crippen LogP contribution in [0, 0.1) is 20.8 Å². The van der Waals surface area contributed by atoms with Gasteiger partial charge in [0.15, 0.2) is 0 Å². The van der Waals surface area contributed by atoms with E-state index in [0.29, 0.717) is 47.4 Å². The first kappa shape index (κ1) is 19.2. The predicted molar refractivity (Wildman–Crippen MR) is 104 cm³/mol. The zero-order chi connectivity index (χ0) is 19.8. The first-order chi connectivity index (χ1) is 12.8. The summed E-state index contributed by atoms with van der Waals surface area (Å²) in [4.78, 5) is 0.249. The molecule has 2 aromatic heterocycles. The number of hydrogen-bond acceptors (Lipinski definition) is 5.